The van der Waals surface area contributed by atoms with Crippen molar-refractivity contribution in [3.8, 4) is 0 Å². The van der Waals surface area contributed by atoms with Crippen molar-refractivity contribution in [2.45, 2.75) is 18.9 Å². The van der Waals surface area contributed by atoms with Crippen molar-refractivity contribution in [3.63, 3.8) is 0 Å². The van der Waals surface area contributed by atoms with E-state index < -0.39 is 0 Å². The van der Waals surface area contributed by atoms with Crippen molar-refractivity contribution in [1.29, 1.82) is 0 Å². The molecular formula is C12H14O4. The second kappa shape index (κ2) is 3.34. The number of ether oxygens (including phenoxy) is 2. The summed E-state index contributed by atoms with van der Waals surface area (Å²) in [6, 6.07) is 0. The standard InChI is InChI=1S/C12H14O4/c1-2-3-8-7-4-6-5-15-11(13)9(6)10(7)12(14)16-8/h2,6-10H,1,3-5H2/t6-,7+,8+,9+,10-/m1/s1. The smallest absolute Gasteiger partial charge is 0.310 e. The van der Waals surface area contributed by atoms with Gasteiger partial charge in [-0.25, -0.2) is 0 Å². The molecule has 0 amide bonds. The molecule has 0 aromatic carbocycles. The van der Waals surface area contributed by atoms with Crippen LogP contribution in [0.4, 0.5) is 0 Å². The minimum Gasteiger partial charge on any atom is -0.465 e. The van der Waals surface area contributed by atoms with E-state index in [1.54, 1.807) is 6.08 Å². The van der Waals surface area contributed by atoms with Crippen LogP contribution < -0.4 is 0 Å². The Morgan fingerprint density at radius 2 is 2.12 bits per heavy atom. The van der Waals surface area contributed by atoms with E-state index in [4.69, 9.17) is 9.47 Å². The van der Waals surface area contributed by atoms with Crippen LogP contribution in [0.25, 0.3) is 0 Å². The molecule has 3 aliphatic rings. The first-order valence-electron chi connectivity index (χ1n) is 5.70. The third-order valence-electron chi connectivity index (χ3n) is 4.06. The van der Waals surface area contributed by atoms with Crippen LogP contribution in [0.1, 0.15) is 12.8 Å². The van der Waals surface area contributed by atoms with Crippen molar-refractivity contribution in [1.82, 2.24) is 0 Å². The maximum absolute atomic E-state index is 11.8. The molecule has 86 valence electrons. The first kappa shape index (κ1) is 9.87. The van der Waals surface area contributed by atoms with E-state index in [0.29, 0.717) is 13.0 Å². The molecule has 0 spiro atoms. The number of fused-ring (bicyclic) bond motifs is 3. The Morgan fingerprint density at radius 1 is 1.31 bits per heavy atom. The quantitative estimate of drug-likeness (QED) is 0.515. The predicted octanol–water partition coefficient (Wildman–Crippen LogP) is 0.913. The Hall–Kier alpha value is -1.32. The Labute approximate surface area is 93.6 Å². The Bertz CT molecular complexity index is 362. The lowest BCUT2D eigenvalue weighted by atomic mass is 9.87. The molecule has 4 heteroatoms. The average Bonchev–Trinajstić information content (AvgIpc) is 2.84. The van der Waals surface area contributed by atoms with Crippen LogP contribution >= 0.6 is 0 Å². The number of hydrogen-bond donors (Lipinski definition) is 0. The fourth-order valence-corrected chi connectivity index (χ4v) is 3.41. The lowest BCUT2D eigenvalue weighted by Gasteiger charge is -2.14. The van der Waals surface area contributed by atoms with Crippen molar-refractivity contribution < 1.29 is 19.1 Å². The van der Waals surface area contributed by atoms with Gasteiger partial charge in [-0.2, -0.15) is 0 Å². The van der Waals surface area contributed by atoms with Crippen LogP contribution in [0.2, 0.25) is 0 Å². The number of carbonyl (C=O) groups is 2. The van der Waals surface area contributed by atoms with E-state index in [2.05, 4.69) is 6.58 Å². The van der Waals surface area contributed by atoms with Crippen LogP contribution in [-0.4, -0.2) is 24.6 Å². The molecule has 0 N–H and O–H groups in total. The highest BCUT2D eigenvalue weighted by molar-refractivity contribution is 5.86. The average molecular weight is 222 g/mol. The summed E-state index contributed by atoms with van der Waals surface area (Å²) in [6.07, 6.45) is 3.24. The first-order chi connectivity index (χ1) is 7.72. The second-order valence-corrected chi connectivity index (χ2v) is 4.84. The summed E-state index contributed by atoms with van der Waals surface area (Å²) < 4.78 is 10.3. The summed E-state index contributed by atoms with van der Waals surface area (Å²) in [4.78, 5) is 23.3. The molecule has 0 aromatic rings. The molecule has 4 nitrogen and oxygen atoms in total. The summed E-state index contributed by atoms with van der Waals surface area (Å²) in [7, 11) is 0. The number of hydrogen-bond acceptors (Lipinski definition) is 4. The van der Waals surface area contributed by atoms with Gasteiger partial charge in [0, 0.05) is 18.3 Å². The van der Waals surface area contributed by atoms with Gasteiger partial charge >= 0.3 is 11.9 Å². The predicted molar refractivity (Wildman–Crippen MR) is 54.2 cm³/mol. The largest absolute Gasteiger partial charge is 0.465 e. The maximum atomic E-state index is 11.8. The van der Waals surface area contributed by atoms with Crippen LogP contribution in [0.3, 0.4) is 0 Å². The van der Waals surface area contributed by atoms with Gasteiger partial charge in [-0.05, 0) is 6.42 Å². The molecule has 1 saturated carbocycles. The van der Waals surface area contributed by atoms with E-state index in [-0.39, 0.29) is 41.7 Å². The highest BCUT2D eigenvalue weighted by Crippen LogP contribution is 2.52. The molecule has 16 heavy (non-hydrogen) atoms. The fraction of sp³-hybridized carbons (Fsp3) is 0.667. The number of carbonyl (C=O) groups excluding carboxylic acids is 2. The van der Waals surface area contributed by atoms with Gasteiger partial charge in [-0.15, -0.1) is 6.58 Å². The lowest BCUT2D eigenvalue weighted by Crippen LogP contribution is -2.24. The van der Waals surface area contributed by atoms with E-state index in [1.165, 1.54) is 0 Å². The van der Waals surface area contributed by atoms with E-state index in [0.717, 1.165) is 6.42 Å². The Morgan fingerprint density at radius 3 is 2.88 bits per heavy atom. The van der Waals surface area contributed by atoms with E-state index in [1.807, 2.05) is 0 Å². The summed E-state index contributed by atoms with van der Waals surface area (Å²) >= 11 is 0. The molecule has 3 fully saturated rings. The van der Waals surface area contributed by atoms with Crippen LogP contribution in [0, 0.1) is 23.7 Å². The van der Waals surface area contributed by atoms with Gasteiger partial charge in [0.25, 0.3) is 0 Å². The molecular weight excluding hydrogens is 208 g/mol. The van der Waals surface area contributed by atoms with Crippen molar-refractivity contribution >= 4 is 11.9 Å². The van der Waals surface area contributed by atoms with Gasteiger partial charge in [0.05, 0.1) is 18.4 Å². The molecule has 1 aliphatic carbocycles. The zero-order chi connectivity index (χ0) is 11.3. The van der Waals surface area contributed by atoms with Crippen molar-refractivity contribution in [3.05, 3.63) is 12.7 Å². The second-order valence-electron chi connectivity index (χ2n) is 4.84. The van der Waals surface area contributed by atoms with E-state index >= 15 is 0 Å². The summed E-state index contributed by atoms with van der Waals surface area (Å²) in [5.41, 5.74) is 0. The van der Waals surface area contributed by atoms with Gasteiger partial charge in [0.2, 0.25) is 0 Å². The topological polar surface area (TPSA) is 52.6 Å². The Balaban J connectivity index is 1.87. The third-order valence-corrected chi connectivity index (χ3v) is 4.06. The number of cyclic esters (lactones) is 2. The monoisotopic (exact) mass is 222 g/mol. The molecule has 2 heterocycles. The number of rotatable bonds is 2. The molecule has 0 unspecified atom stereocenters. The Kier molecular flexibility index (Phi) is 2.06. The molecule has 0 aromatic heterocycles. The minimum atomic E-state index is -0.259. The number of esters is 2. The highest BCUT2D eigenvalue weighted by Gasteiger charge is 2.60. The summed E-state index contributed by atoms with van der Waals surface area (Å²) in [5, 5.41) is 0. The normalized spacial score (nSPS) is 44.9. The molecule has 3 rings (SSSR count). The van der Waals surface area contributed by atoms with Crippen LogP contribution in [0.5, 0.6) is 0 Å². The zero-order valence-electron chi connectivity index (χ0n) is 8.93. The third kappa shape index (κ3) is 1.16. The van der Waals surface area contributed by atoms with Gasteiger partial charge < -0.3 is 9.47 Å². The summed E-state index contributed by atoms with van der Waals surface area (Å²) in [5.74, 6) is -0.523. The van der Waals surface area contributed by atoms with Gasteiger partial charge in [-0.1, -0.05) is 6.08 Å². The lowest BCUT2D eigenvalue weighted by molar-refractivity contribution is -0.151. The van der Waals surface area contributed by atoms with Gasteiger partial charge in [0.1, 0.15) is 6.10 Å². The van der Waals surface area contributed by atoms with Crippen LogP contribution in [-0.2, 0) is 19.1 Å². The maximum Gasteiger partial charge on any atom is 0.310 e. The fourth-order valence-electron chi connectivity index (χ4n) is 3.41. The SMILES string of the molecule is C=CC[C@@H]1OC(=O)[C@@H]2[C@H]1C[C@@H]1COC(=O)[C@@H]12. The molecule has 2 saturated heterocycles. The van der Waals surface area contributed by atoms with Gasteiger partial charge in [0.15, 0.2) is 0 Å². The summed E-state index contributed by atoms with van der Waals surface area (Å²) in [6.45, 7) is 4.14. The minimum absolute atomic E-state index is 0.0756. The van der Waals surface area contributed by atoms with E-state index in [9.17, 15) is 9.59 Å². The molecule has 0 bridgehead atoms. The molecule has 0 radical (unpaired) electrons. The zero-order valence-corrected chi connectivity index (χ0v) is 8.93. The van der Waals surface area contributed by atoms with Crippen molar-refractivity contribution in [2.24, 2.45) is 23.7 Å². The van der Waals surface area contributed by atoms with Crippen LogP contribution in [0.15, 0.2) is 12.7 Å². The molecule has 2 aliphatic heterocycles. The van der Waals surface area contributed by atoms with Crippen molar-refractivity contribution in [2.75, 3.05) is 6.61 Å². The highest BCUT2D eigenvalue weighted by atomic mass is 16.6. The molecule has 5 atom stereocenters. The van der Waals surface area contributed by atoms with Gasteiger partial charge in [-0.3, -0.25) is 9.59 Å². The first-order valence-corrected chi connectivity index (χ1v) is 5.70.